The van der Waals surface area contributed by atoms with Gasteiger partial charge in [-0.05, 0) is 22.2 Å². The first-order valence-corrected chi connectivity index (χ1v) is 14.3. The van der Waals surface area contributed by atoms with E-state index in [1.54, 1.807) is 0 Å². The van der Waals surface area contributed by atoms with E-state index >= 15 is 0 Å². The van der Waals surface area contributed by atoms with Crippen LogP contribution in [-0.4, -0.2) is 48.2 Å². The van der Waals surface area contributed by atoms with Crippen molar-refractivity contribution in [3.8, 4) is 0 Å². The summed E-state index contributed by atoms with van der Waals surface area (Å²) in [6.45, 7) is 18.1. The topological polar surface area (TPSA) is 63.2 Å². The minimum absolute atomic E-state index is 0.0636. The van der Waals surface area contributed by atoms with Crippen molar-refractivity contribution < 1.29 is 27.2 Å². The second-order valence-electron chi connectivity index (χ2n) is 9.46. The molecule has 0 spiro atoms. The third-order valence-corrected chi connectivity index (χ3v) is 16.7. The molecule has 0 saturated carbocycles. The normalized spacial score (nSPS) is 35.3. The zero-order valence-corrected chi connectivity index (χ0v) is 20.0. The smallest absolute Gasteiger partial charge is 0.335 e. The number of rotatable bonds is 4. The lowest BCUT2D eigenvalue weighted by atomic mass is 9.99. The van der Waals surface area contributed by atoms with E-state index in [0.717, 1.165) is 0 Å². The molecule has 0 aromatic rings. The number of esters is 1. The first kappa shape index (κ1) is 21.5. The van der Waals surface area contributed by atoms with Gasteiger partial charge in [0.15, 0.2) is 0 Å². The highest BCUT2D eigenvalue weighted by molar-refractivity contribution is 6.83. The highest BCUT2D eigenvalue weighted by atomic mass is 28.5. The SMILES string of the molecule is CC(C)[Si]1(C(C)C)OC[C@H]2O[C@@H]3OC(=O)C[C@@H]3[C@@H]2O[Si](C(C)C)(C(C)C)O1. The highest BCUT2D eigenvalue weighted by Gasteiger charge is 2.63. The summed E-state index contributed by atoms with van der Waals surface area (Å²) in [7, 11) is -5.20. The monoisotopic (exact) mass is 416 g/mol. The highest BCUT2D eigenvalue weighted by Crippen LogP contribution is 2.49. The summed E-state index contributed by atoms with van der Waals surface area (Å²) in [5.41, 5.74) is 1.14. The Balaban J connectivity index is 2.03. The van der Waals surface area contributed by atoms with Crippen LogP contribution in [0, 0.1) is 5.92 Å². The Morgan fingerprint density at radius 2 is 1.44 bits per heavy atom. The van der Waals surface area contributed by atoms with E-state index in [1.807, 2.05) is 0 Å². The van der Waals surface area contributed by atoms with Gasteiger partial charge in [-0.2, -0.15) is 0 Å². The standard InChI is InChI=1S/C19H36O6Si2/c1-11(2)26(12(3)4)21-10-16-18(15-9-17(20)23-19(15)22-16)24-27(25-26,13(5)6)14(7)8/h11-16,18-19H,9-10H2,1-8H3/t15-,16-,18+,19-/m1/s1. The average molecular weight is 417 g/mol. The lowest BCUT2D eigenvalue weighted by molar-refractivity contribution is -0.167. The van der Waals surface area contributed by atoms with Crippen molar-refractivity contribution in [1.29, 1.82) is 0 Å². The summed E-state index contributed by atoms with van der Waals surface area (Å²) in [6.07, 6.45) is -0.562. The van der Waals surface area contributed by atoms with Crippen molar-refractivity contribution >= 4 is 23.1 Å². The molecule has 0 aliphatic carbocycles. The Hall–Kier alpha value is -0.256. The number of fused-ring (bicyclic) bond motifs is 3. The number of hydrogen-bond acceptors (Lipinski definition) is 6. The van der Waals surface area contributed by atoms with Crippen LogP contribution in [0.2, 0.25) is 22.2 Å². The van der Waals surface area contributed by atoms with Gasteiger partial charge in [0.2, 0.25) is 6.29 Å². The quantitative estimate of drug-likeness (QED) is 0.505. The number of carbonyl (C=O) groups is 1. The molecular formula is C19H36O6Si2. The molecule has 0 aromatic carbocycles. The van der Waals surface area contributed by atoms with E-state index < -0.39 is 23.4 Å². The molecule has 0 N–H and O–H groups in total. The van der Waals surface area contributed by atoms with Gasteiger partial charge in [0.05, 0.1) is 25.0 Å². The Labute approximate surface area is 165 Å². The Morgan fingerprint density at radius 3 is 1.96 bits per heavy atom. The molecule has 3 heterocycles. The summed E-state index contributed by atoms with van der Waals surface area (Å²) in [5, 5.41) is 0. The maximum absolute atomic E-state index is 11.8. The number of carbonyl (C=O) groups excluding carboxylic acids is 1. The van der Waals surface area contributed by atoms with E-state index in [1.165, 1.54) is 0 Å². The molecule has 6 nitrogen and oxygen atoms in total. The minimum atomic E-state index is -2.66. The van der Waals surface area contributed by atoms with Gasteiger partial charge in [-0.1, -0.05) is 55.4 Å². The summed E-state index contributed by atoms with van der Waals surface area (Å²) in [4.78, 5) is 11.8. The Kier molecular flexibility index (Phi) is 5.98. The number of hydrogen-bond donors (Lipinski definition) is 0. The minimum Gasteiger partial charge on any atom is -0.435 e. The molecule has 3 fully saturated rings. The van der Waals surface area contributed by atoms with Crippen molar-refractivity contribution in [2.45, 2.75) is 102 Å². The molecule has 0 aromatic heterocycles. The zero-order valence-electron chi connectivity index (χ0n) is 18.0. The van der Waals surface area contributed by atoms with Crippen LogP contribution in [0.15, 0.2) is 0 Å². The number of ether oxygens (including phenoxy) is 2. The zero-order chi connectivity index (χ0) is 20.1. The molecule has 3 aliphatic heterocycles. The van der Waals surface area contributed by atoms with Crippen molar-refractivity contribution in [3.63, 3.8) is 0 Å². The second kappa shape index (κ2) is 7.53. The van der Waals surface area contributed by atoms with Crippen molar-refractivity contribution in [2.24, 2.45) is 5.92 Å². The molecule has 156 valence electrons. The third-order valence-electron chi connectivity index (χ3n) is 6.43. The summed E-state index contributed by atoms with van der Waals surface area (Å²) < 4.78 is 32.2. The molecule has 4 atom stereocenters. The van der Waals surface area contributed by atoms with Crippen LogP contribution in [-0.2, 0) is 27.2 Å². The van der Waals surface area contributed by atoms with Gasteiger partial charge < -0.3 is 22.4 Å². The second-order valence-corrected chi connectivity index (χ2v) is 18.3. The van der Waals surface area contributed by atoms with E-state index in [9.17, 15) is 4.79 Å². The summed E-state index contributed by atoms with van der Waals surface area (Å²) in [6, 6.07) is 0. The maximum atomic E-state index is 11.8. The average Bonchev–Trinajstić information content (AvgIpc) is 3.03. The van der Waals surface area contributed by atoms with Crippen LogP contribution < -0.4 is 0 Å². The van der Waals surface area contributed by atoms with Crippen LogP contribution in [0.25, 0.3) is 0 Å². The van der Waals surface area contributed by atoms with Crippen LogP contribution in [0.4, 0.5) is 0 Å². The lowest BCUT2D eigenvalue weighted by Crippen LogP contribution is -2.65. The van der Waals surface area contributed by atoms with Crippen LogP contribution in [0.5, 0.6) is 0 Å². The van der Waals surface area contributed by atoms with Gasteiger partial charge in [0.1, 0.15) is 6.10 Å². The van der Waals surface area contributed by atoms with Crippen molar-refractivity contribution in [3.05, 3.63) is 0 Å². The van der Waals surface area contributed by atoms with E-state index in [-0.39, 0.29) is 35.2 Å². The van der Waals surface area contributed by atoms with Crippen molar-refractivity contribution in [2.75, 3.05) is 6.61 Å². The fourth-order valence-corrected chi connectivity index (χ4v) is 16.2. The molecule has 27 heavy (non-hydrogen) atoms. The summed E-state index contributed by atoms with van der Waals surface area (Å²) in [5.74, 6) is -0.267. The van der Waals surface area contributed by atoms with Gasteiger partial charge in [0, 0.05) is 0 Å². The van der Waals surface area contributed by atoms with Crippen molar-refractivity contribution in [1.82, 2.24) is 0 Å². The molecule has 0 radical (unpaired) electrons. The van der Waals surface area contributed by atoms with Crippen LogP contribution >= 0.6 is 0 Å². The van der Waals surface area contributed by atoms with Gasteiger partial charge in [-0.15, -0.1) is 0 Å². The first-order valence-electron chi connectivity index (χ1n) is 10.4. The van der Waals surface area contributed by atoms with Gasteiger partial charge in [0.25, 0.3) is 0 Å². The van der Waals surface area contributed by atoms with E-state index in [4.69, 9.17) is 22.4 Å². The van der Waals surface area contributed by atoms with Crippen LogP contribution in [0.1, 0.15) is 61.8 Å². The molecular weight excluding hydrogens is 380 g/mol. The first-order chi connectivity index (χ1) is 12.5. The van der Waals surface area contributed by atoms with Gasteiger partial charge >= 0.3 is 23.1 Å². The summed E-state index contributed by atoms with van der Waals surface area (Å²) >= 11 is 0. The molecule has 3 rings (SSSR count). The maximum Gasteiger partial charge on any atom is 0.335 e. The fraction of sp³-hybridized carbons (Fsp3) is 0.947. The Morgan fingerprint density at radius 1 is 0.889 bits per heavy atom. The van der Waals surface area contributed by atoms with Crippen LogP contribution in [0.3, 0.4) is 0 Å². The predicted octanol–water partition coefficient (Wildman–Crippen LogP) is 4.23. The third kappa shape index (κ3) is 3.46. The Bertz CT molecular complexity index is 548. The van der Waals surface area contributed by atoms with Gasteiger partial charge in [-0.25, -0.2) is 0 Å². The van der Waals surface area contributed by atoms with E-state index in [0.29, 0.717) is 24.1 Å². The molecule has 0 unspecified atom stereocenters. The molecule has 8 heteroatoms. The fourth-order valence-electron chi connectivity index (χ4n) is 4.91. The molecule has 3 aliphatic rings. The lowest BCUT2D eigenvalue weighted by Gasteiger charge is -2.51. The largest absolute Gasteiger partial charge is 0.435 e. The van der Waals surface area contributed by atoms with E-state index in [2.05, 4.69) is 55.4 Å². The molecule has 0 amide bonds. The molecule has 0 bridgehead atoms. The predicted molar refractivity (Wildman–Crippen MR) is 107 cm³/mol. The van der Waals surface area contributed by atoms with Gasteiger partial charge in [-0.3, -0.25) is 4.79 Å². The molecule has 3 saturated heterocycles.